The fraction of sp³-hybridized carbons (Fsp3) is 0.318. The van der Waals surface area contributed by atoms with Crippen molar-refractivity contribution in [1.29, 1.82) is 5.26 Å². The lowest BCUT2D eigenvalue weighted by Crippen LogP contribution is -2.47. The van der Waals surface area contributed by atoms with Gasteiger partial charge in [-0.15, -0.1) is 0 Å². The first kappa shape index (κ1) is 21.8. The Hall–Kier alpha value is -2.95. The number of amides is 2. The molecule has 2 aromatic rings. The number of halogens is 2. The molecule has 6 nitrogen and oxygen atoms in total. The number of rotatable bonds is 5. The van der Waals surface area contributed by atoms with Crippen LogP contribution in [-0.2, 0) is 16.1 Å². The molecule has 8 heteroatoms. The molecule has 1 saturated heterocycles. The third-order valence-electron chi connectivity index (χ3n) is 4.98. The molecular weight excluding hydrogens is 407 g/mol. The summed E-state index contributed by atoms with van der Waals surface area (Å²) < 4.78 is 15.3. The molecule has 2 unspecified atom stereocenters. The number of benzene rings is 2. The van der Waals surface area contributed by atoms with Gasteiger partial charge in [-0.2, -0.15) is 5.26 Å². The van der Waals surface area contributed by atoms with E-state index < -0.39 is 12.0 Å². The van der Waals surface area contributed by atoms with Crippen molar-refractivity contribution in [3.63, 3.8) is 0 Å². The number of nitrogens with one attached hydrogen (secondary N) is 3. The van der Waals surface area contributed by atoms with Gasteiger partial charge in [0.05, 0.1) is 16.7 Å². The maximum absolute atomic E-state index is 15.3. The fourth-order valence-electron chi connectivity index (χ4n) is 3.27. The number of hydrogen-bond donors (Lipinski definition) is 3. The maximum Gasteiger partial charge on any atom is 0.223 e. The molecule has 0 spiro atoms. The zero-order chi connectivity index (χ0) is 21.8. The second-order valence-corrected chi connectivity index (χ2v) is 7.87. The topological polar surface area (TPSA) is 94.0 Å². The molecule has 1 heterocycles. The van der Waals surface area contributed by atoms with Crippen molar-refractivity contribution in [1.82, 2.24) is 16.0 Å². The Balaban J connectivity index is 1.86. The van der Waals surface area contributed by atoms with Crippen LogP contribution in [0.1, 0.15) is 54.7 Å². The van der Waals surface area contributed by atoms with E-state index in [4.69, 9.17) is 16.9 Å². The van der Waals surface area contributed by atoms with Gasteiger partial charge in [-0.3, -0.25) is 14.9 Å². The van der Waals surface area contributed by atoms with Gasteiger partial charge in [0.2, 0.25) is 11.8 Å². The maximum atomic E-state index is 15.3. The fourth-order valence-corrected chi connectivity index (χ4v) is 3.52. The van der Waals surface area contributed by atoms with Gasteiger partial charge in [0.15, 0.2) is 0 Å². The van der Waals surface area contributed by atoms with Gasteiger partial charge >= 0.3 is 0 Å². The Morgan fingerprint density at radius 1 is 1.30 bits per heavy atom. The van der Waals surface area contributed by atoms with E-state index in [1.54, 1.807) is 44.2 Å². The number of carbonyl (C=O) groups is 2. The van der Waals surface area contributed by atoms with Crippen LogP contribution in [0.15, 0.2) is 36.4 Å². The second kappa shape index (κ2) is 9.24. The van der Waals surface area contributed by atoms with Gasteiger partial charge in [0, 0.05) is 36.1 Å². The van der Waals surface area contributed by atoms with Crippen molar-refractivity contribution in [2.45, 2.75) is 39.0 Å². The van der Waals surface area contributed by atoms with Crippen LogP contribution >= 0.6 is 11.6 Å². The highest BCUT2D eigenvalue weighted by Crippen LogP contribution is 2.32. The van der Waals surface area contributed by atoms with E-state index in [9.17, 15) is 9.59 Å². The smallest absolute Gasteiger partial charge is 0.223 e. The lowest BCUT2D eigenvalue weighted by molar-refractivity contribution is -0.125. The summed E-state index contributed by atoms with van der Waals surface area (Å²) >= 11 is 6.27. The van der Waals surface area contributed by atoms with Crippen LogP contribution in [-0.4, -0.2) is 11.8 Å². The summed E-state index contributed by atoms with van der Waals surface area (Å²) in [5.41, 5.74) is 1.73. The van der Waals surface area contributed by atoms with Gasteiger partial charge < -0.3 is 10.6 Å². The van der Waals surface area contributed by atoms with Crippen LogP contribution < -0.4 is 16.0 Å². The van der Waals surface area contributed by atoms with Gasteiger partial charge in [-0.25, -0.2) is 4.39 Å². The molecule has 2 aromatic carbocycles. The average Bonchev–Trinajstić information content (AvgIpc) is 2.72. The minimum absolute atomic E-state index is 0.0206. The number of carbonyl (C=O) groups excluding carboxylic acids is 2. The molecule has 1 aliphatic rings. The zero-order valence-corrected chi connectivity index (χ0v) is 17.4. The predicted molar refractivity (Wildman–Crippen MR) is 111 cm³/mol. The van der Waals surface area contributed by atoms with Crippen molar-refractivity contribution in [3.8, 4) is 6.07 Å². The van der Waals surface area contributed by atoms with E-state index in [0.29, 0.717) is 5.56 Å². The summed E-state index contributed by atoms with van der Waals surface area (Å²) in [4.78, 5) is 24.1. The minimum Gasteiger partial charge on any atom is -0.352 e. The van der Waals surface area contributed by atoms with Gasteiger partial charge in [-0.05, 0) is 23.8 Å². The van der Waals surface area contributed by atoms with E-state index in [2.05, 4.69) is 22.0 Å². The number of hydrogen-bond acceptors (Lipinski definition) is 4. The molecule has 2 amide bonds. The summed E-state index contributed by atoms with van der Waals surface area (Å²) in [6, 6.07) is 11.6. The molecule has 0 saturated carbocycles. The van der Waals surface area contributed by atoms with Crippen molar-refractivity contribution in [3.05, 3.63) is 69.5 Å². The lowest BCUT2D eigenvalue weighted by Gasteiger charge is -2.33. The highest BCUT2D eigenvalue weighted by molar-refractivity contribution is 6.31. The molecule has 156 valence electrons. The molecule has 0 aromatic heterocycles. The third kappa shape index (κ3) is 4.78. The van der Waals surface area contributed by atoms with Crippen molar-refractivity contribution in [2.75, 3.05) is 0 Å². The number of nitrogens with zero attached hydrogens (tertiary/aromatic N) is 1. The summed E-state index contributed by atoms with van der Waals surface area (Å²) in [5, 5.41) is 17.8. The minimum atomic E-state index is -0.833. The first-order chi connectivity index (χ1) is 14.3. The molecule has 30 heavy (non-hydrogen) atoms. The van der Waals surface area contributed by atoms with E-state index in [1.165, 1.54) is 6.07 Å². The molecular formula is C22H22ClFN4O2. The molecule has 2 atom stereocenters. The van der Waals surface area contributed by atoms with Gasteiger partial charge in [0.25, 0.3) is 0 Å². The highest BCUT2D eigenvalue weighted by atomic mass is 35.5. The summed E-state index contributed by atoms with van der Waals surface area (Å²) in [6.45, 7) is 3.53. The lowest BCUT2D eigenvalue weighted by atomic mass is 9.97. The average molecular weight is 429 g/mol. The summed E-state index contributed by atoms with van der Waals surface area (Å²) in [7, 11) is 0. The van der Waals surface area contributed by atoms with Crippen LogP contribution in [0.5, 0.6) is 0 Å². The zero-order valence-electron chi connectivity index (χ0n) is 16.6. The Labute approximate surface area is 179 Å². The van der Waals surface area contributed by atoms with Gasteiger partial charge in [-0.1, -0.05) is 43.6 Å². The molecule has 3 N–H and O–H groups in total. The summed E-state index contributed by atoms with van der Waals surface area (Å²) in [6.07, 6.45) is -0.661. The molecule has 1 fully saturated rings. The molecule has 1 aliphatic heterocycles. The quantitative estimate of drug-likeness (QED) is 0.679. The van der Waals surface area contributed by atoms with Gasteiger partial charge in [0.1, 0.15) is 12.0 Å². The third-order valence-corrected chi connectivity index (χ3v) is 5.31. The molecule has 0 radical (unpaired) electrons. The standard InChI is InChI=1S/C22H22ClFN4O2/c1-12(2)22(30)26-11-15-7-8-16(23)19(20(15)24)21-27-17(9-18(29)28-21)14-5-3-13(10-25)4-6-14/h3-8,12,17,21,27H,9,11H2,1-2H3,(H,26,30)(H,28,29). The Morgan fingerprint density at radius 3 is 2.63 bits per heavy atom. The highest BCUT2D eigenvalue weighted by Gasteiger charge is 2.31. The van der Waals surface area contributed by atoms with E-state index in [0.717, 1.165) is 5.56 Å². The SMILES string of the molecule is CC(C)C(=O)NCc1ccc(Cl)c(C2NC(=O)CC(c3ccc(C#N)cc3)N2)c1F. The van der Waals surface area contributed by atoms with Crippen LogP contribution in [0.2, 0.25) is 5.02 Å². The van der Waals surface area contributed by atoms with Crippen molar-refractivity contribution < 1.29 is 14.0 Å². The van der Waals surface area contributed by atoms with E-state index in [1.807, 2.05) is 0 Å². The normalized spacial score (nSPS) is 18.6. The first-order valence-corrected chi connectivity index (χ1v) is 9.98. The van der Waals surface area contributed by atoms with Crippen molar-refractivity contribution >= 4 is 23.4 Å². The Morgan fingerprint density at radius 2 is 2.00 bits per heavy atom. The van der Waals surface area contributed by atoms with Crippen LogP contribution in [0.4, 0.5) is 4.39 Å². The first-order valence-electron chi connectivity index (χ1n) is 9.60. The van der Waals surface area contributed by atoms with Crippen LogP contribution in [0, 0.1) is 23.1 Å². The molecule has 0 bridgehead atoms. The Kier molecular flexibility index (Phi) is 6.70. The van der Waals surface area contributed by atoms with E-state index >= 15 is 4.39 Å². The van der Waals surface area contributed by atoms with Crippen LogP contribution in [0.3, 0.4) is 0 Å². The van der Waals surface area contributed by atoms with E-state index in [-0.39, 0.29) is 52.9 Å². The van der Waals surface area contributed by atoms with Crippen molar-refractivity contribution in [2.24, 2.45) is 5.92 Å². The monoisotopic (exact) mass is 428 g/mol. The largest absolute Gasteiger partial charge is 0.352 e. The van der Waals surface area contributed by atoms with Crippen LogP contribution in [0.25, 0.3) is 0 Å². The molecule has 0 aliphatic carbocycles. The number of nitriles is 1. The molecule has 3 rings (SSSR count). The second-order valence-electron chi connectivity index (χ2n) is 7.46. The summed E-state index contributed by atoms with van der Waals surface area (Å²) in [5.74, 6) is -1.23. The Bertz CT molecular complexity index is 1000. The predicted octanol–water partition coefficient (Wildman–Crippen LogP) is 3.47.